The first kappa shape index (κ1) is 12.5. The van der Waals surface area contributed by atoms with Crippen LogP contribution >= 0.6 is 11.6 Å². The average molecular weight is 229 g/mol. The third kappa shape index (κ3) is 3.83. The smallest absolute Gasteiger partial charge is 0.126 e. The van der Waals surface area contributed by atoms with Crippen LogP contribution in [0.4, 0.5) is 4.39 Å². The summed E-state index contributed by atoms with van der Waals surface area (Å²) in [5, 5.41) is 0.172. The number of hydrogen-bond acceptors (Lipinski definition) is 0. The van der Waals surface area contributed by atoms with Crippen LogP contribution in [0.1, 0.15) is 44.6 Å². The van der Waals surface area contributed by atoms with Crippen molar-refractivity contribution >= 4 is 11.6 Å². The topological polar surface area (TPSA) is 0 Å². The zero-order valence-electron chi connectivity index (χ0n) is 9.34. The third-order valence-corrected chi connectivity index (χ3v) is 2.97. The molecule has 0 bridgehead atoms. The van der Waals surface area contributed by atoms with Crippen molar-refractivity contribution in [2.45, 2.75) is 44.4 Å². The summed E-state index contributed by atoms with van der Waals surface area (Å²) >= 11 is 5.91. The Labute approximate surface area is 96.5 Å². The van der Waals surface area contributed by atoms with E-state index in [1.54, 1.807) is 6.07 Å². The van der Waals surface area contributed by atoms with Gasteiger partial charge in [-0.25, -0.2) is 4.39 Å². The summed E-state index contributed by atoms with van der Waals surface area (Å²) in [5.74, 6) is 0.207. The number of halogens is 2. The Bertz CT molecular complexity index is 296. The van der Waals surface area contributed by atoms with Crippen LogP contribution < -0.4 is 0 Å². The van der Waals surface area contributed by atoms with E-state index in [2.05, 4.69) is 6.92 Å². The molecule has 0 spiro atoms. The zero-order valence-corrected chi connectivity index (χ0v) is 10.1. The van der Waals surface area contributed by atoms with Gasteiger partial charge in [0.25, 0.3) is 0 Å². The lowest BCUT2D eigenvalue weighted by Crippen LogP contribution is -2.03. The van der Waals surface area contributed by atoms with Gasteiger partial charge in [0, 0.05) is 5.38 Å². The van der Waals surface area contributed by atoms with Crippen molar-refractivity contribution in [3.05, 3.63) is 35.6 Å². The number of rotatable bonds is 5. The second kappa shape index (κ2) is 6.12. The highest BCUT2D eigenvalue weighted by Gasteiger charge is 2.13. The third-order valence-electron chi connectivity index (χ3n) is 2.75. The molecule has 0 nitrogen and oxygen atoms in total. The Morgan fingerprint density at radius 1 is 1.27 bits per heavy atom. The molecule has 1 aromatic carbocycles. The van der Waals surface area contributed by atoms with Crippen LogP contribution in [0.5, 0.6) is 0 Å². The van der Waals surface area contributed by atoms with Crippen LogP contribution in [0.3, 0.4) is 0 Å². The summed E-state index contributed by atoms with van der Waals surface area (Å²) in [7, 11) is 0. The van der Waals surface area contributed by atoms with Crippen LogP contribution in [-0.2, 0) is 0 Å². The highest BCUT2D eigenvalue weighted by atomic mass is 35.5. The summed E-state index contributed by atoms with van der Waals surface area (Å²) in [4.78, 5) is 0. The molecule has 0 aliphatic heterocycles. The molecule has 2 unspecified atom stereocenters. The van der Waals surface area contributed by atoms with Crippen LogP contribution in [0.25, 0.3) is 0 Å². The normalized spacial score (nSPS) is 14.9. The van der Waals surface area contributed by atoms with E-state index in [0.29, 0.717) is 5.92 Å². The van der Waals surface area contributed by atoms with Gasteiger partial charge in [-0.3, -0.25) is 0 Å². The van der Waals surface area contributed by atoms with Crippen LogP contribution in [-0.4, -0.2) is 5.38 Å². The number of benzene rings is 1. The first-order chi connectivity index (χ1) is 7.15. The van der Waals surface area contributed by atoms with Crippen LogP contribution in [0.15, 0.2) is 24.3 Å². The van der Waals surface area contributed by atoms with Gasteiger partial charge >= 0.3 is 0 Å². The highest BCUT2D eigenvalue weighted by Crippen LogP contribution is 2.28. The molecule has 1 rings (SSSR count). The van der Waals surface area contributed by atoms with Crippen molar-refractivity contribution in [2.24, 2.45) is 0 Å². The Hall–Kier alpha value is -0.560. The van der Waals surface area contributed by atoms with Gasteiger partial charge in [-0.2, -0.15) is 0 Å². The van der Waals surface area contributed by atoms with Gasteiger partial charge in [0.1, 0.15) is 5.82 Å². The predicted molar refractivity (Wildman–Crippen MR) is 64.0 cm³/mol. The molecule has 0 amide bonds. The van der Waals surface area contributed by atoms with Crippen molar-refractivity contribution in [1.82, 2.24) is 0 Å². The van der Waals surface area contributed by atoms with Gasteiger partial charge in [0.2, 0.25) is 0 Å². The molecule has 2 heteroatoms. The van der Waals surface area contributed by atoms with E-state index in [1.165, 1.54) is 6.07 Å². The average Bonchev–Trinajstić information content (AvgIpc) is 2.21. The lowest BCUT2D eigenvalue weighted by molar-refractivity contribution is 0.528. The fourth-order valence-electron chi connectivity index (χ4n) is 1.82. The minimum atomic E-state index is -0.0911. The quantitative estimate of drug-likeness (QED) is 0.640. The van der Waals surface area contributed by atoms with Gasteiger partial charge < -0.3 is 0 Å². The van der Waals surface area contributed by atoms with Gasteiger partial charge in [0.15, 0.2) is 0 Å². The van der Waals surface area contributed by atoms with Gasteiger partial charge in [-0.05, 0) is 43.7 Å². The standard InChI is InChI=1S/C13H18ClF/c1-3-11(9-8-10(2)14)12-6-4-5-7-13(12)15/h4-7,10-11H,3,8-9H2,1-2H3. The number of hydrogen-bond donors (Lipinski definition) is 0. The molecule has 0 aliphatic carbocycles. The summed E-state index contributed by atoms with van der Waals surface area (Å²) in [6.45, 7) is 4.08. The Morgan fingerprint density at radius 2 is 1.93 bits per heavy atom. The molecule has 0 fully saturated rings. The summed E-state index contributed by atoms with van der Waals surface area (Å²) in [6.07, 6.45) is 2.86. The molecular weight excluding hydrogens is 211 g/mol. The second-order valence-electron chi connectivity index (χ2n) is 3.98. The lowest BCUT2D eigenvalue weighted by Gasteiger charge is -2.16. The molecule has 0 saturated carbocycles. The first-order valence-corrected chi connectivity index (χ1v) is 5.97. The zero-order chi connectivity index (χ0) is 11.3. The monoisotopic (exact) mass is 228 g/mol. The molecule has 84 valence electrons. The molecule has 0 saturated heterocycles. The summed E-state index contributed by atoms with van der Waals surface area (Å²) < 4.78 is 13.5. The van der Waals surface area contributed by atoms with Crippen LogP contribution in [0, 0.1) is 5.82 Å². The molecule has 2 atom stereocenters. The van der Waals surface area contributed by atoms with E-state index in [9.17, 15) is 4.39 Å². The van der Waals surface area contributed by atoms with Crippen molar-refractivity contribution < 1.29 is 4.39 Å². The molecule has 0 radical (unpaired) electrons. The van der Waals surface area contributed by atoms with E-state index in [1.807, 2.05) is 19.1 Å². The lowest BCUT2D eigenvalue weighted by atomic mass is 9.91. The second-order valence-corrected chi connectivity index (χ2v) is 4.73. The summed E-state index contributed by atoms with van der Waals surface area (Å²) in [6, 6.07) is 7.03. The van der Waals surface area contributed by atoms with Crippen molar-refractivity contribution in [1.29, 1.82) is 0 Å². The first-order valence-electron chi connectivity index (χ1n) is 5.53. The van der Waals surface area contributed by atoms with Crippen molar-refractivity contribution in [3.8, 4) is 0 Å². The van der Waals surface area contributed by atoms with E-state index in [-0.39, 0.29) is 11.2 Å². The largest absolute Gasteiger partial charge is 0.207 e. The van der Waals surface area contributed by atoms with E-state index < -0.39 is 0 Å². The van der Waals surface area contributed by atoms with E-state index >= 15 is 0 Å². The SMILES string of the molecule is CCC(CCC(C)Cl)c1ccccc1F. The molecule has 0 N–H and O–H groups in total. The Kier molecular flexibility index (Phi) is 5.10. The maximum absolute atomic E-state index is 13.5. The maximum atomic E-state index is 13.5. The molecular formula is C13H18ClF. The Morgan fingerprint density at radius 3 is 2.47 bits per heavy atom. The Balaban J connectivity index is 2.70. The van der Waals surface area contributed by atoms with Gasteiger partial charge in [-0.1, -0.05) is 25.1 Å². The molecule has 1 aromatic rings. The fourth-order valence-corrected chi connectivity index (χ4v) is 1.94. The van der Waals surface area contributed by atoms with Crippen molar-refractivity contribution in [2.75, 3.05) is 0 Å². The maximum Gasteiger partial charge on any atom is 0.126 e. The molecule has 15 heavy (non-hydrogen) atoms. The molecule has 0 aromatic heterocycles. The molecule has 0 heterocycles. The minimum absolute atomic E-state index is 0.0911. The van der Waals surface area contributed by atoms with Gasteiger partial charge in [-0.15, -0.1) is 11.6 Å². The predicted octanol–water partition coefficient (Wildman–Crippen LogP) is 4.73. The summed E-state index contributed by atoms with van der Waals surface area (Å²) in [5.41, 5.74) is 0.831. The highest BCUT2D eigenvalue weighted by molar-refractivity contribution is 6.20. The molecule has 0 aliphatic rings. The van der Waals surface area contributed by atoms with Crippen LogP contribution in [0.2, 0.25) is 0 Å². The number of alkyl halides is 1. The van der Waals surface area contributed by atoms with E-state index in [4.69, 9.17) is 11.6 Å². The minimum Gasteiger partial charge on any atom is -0.207 e. The van der Waals surface area contributed by atoms with E-state index in [0.717, 1.165) is 24.8 Å². The fraction of sp³-hybridized carbons (Fsp3) is 0.538. The van der Waals surface area contributed by atoms with Crippen molar-refractivity contribution in [3.63, 3.8) is 0 Å². The van der Waals surface area contributed by atoms with Gasteiger partial charge in [0.05, 0.1) is 0 Å².